The van der Waals surface area contributed by atoms with Crippen molar-refractivity contribution in [2.24, 2.45) is 0 Å². The Morgan fingerprint density at radius 3 is 2.00 bits per heavy atom. The molecule has 184 valence electrons. The zero-order chi connectivity index (χ0) is 25.8. The van der Waals surface area contributed by atoms with Crippen molar-refractivity contribution in [2.75, 3.05) is 5.32 Å². The number of hydrogen-bond donors (Lipinski definition) is 1. The Kier molecular flexibility index (Phi) is 5.22. The number of thiophene rings is 2. The van der Waals surface area contributed by atoms with Crippen molar-refractivity contribution in [3.8, 4) is 22.3 Å². The van der Waals surface area contributed by atoms with E-state index < -0.39 is 0 Å². The van der Waals surface area contributed by atoms with Gasteiger partial charge < -0.3 is 5.32 Å². The summed E-state index contributed by atoms with van der Waals surface area (Å²) in [4.78, 5) is 4.21. The first-order chi connectivity index (χ1) is 19.3. The number of pyridine rings is 1. The van der Waals surface area contributed by atoms with Crippen molar-refractivity contribution in [3.05, 3.63) is 128 Å². The lowest BCUT2D eigenvalue weighted by atomic mass is 10.0. The molecule has 0 atom stereocenters. The Morgan fingerprint density at radius 2 is 1.21 bits per heavy atom. The fraction of sp³-hybridized carbons (Fsp3) is 0. The molecule has 0 spiro atoms. The molecule has 8 aromatic rings. The second kappa shape index (κ2) is 9.05. The quantitative estimate of drug-likeness (QED) is 0.243. The summed E-state index contributed by atoms with van der Waals surface area (Å²) in [5.74, 6) is 0. The minimum atomic E-state index is 1.14. The lowest BCUT2D eigenvalue weighted by Gasteiger charge is -2.11. The molecule has 0 unspecified atom stereocenters. The molecule has 2 nitrogen and oxygen atoms in total. The van der Waals surface area contributed by atoms with E-state index in [-0.39, 0.29) is 0 Å². The van der Waals surface area contributed by atoms with Crippen LogP contribution in [0.15, 0.2) is 128 Å². The lowest BCUT2D eigenvalue weighted by Crippen LogP contribution is -1.91. The van der Waals surface area contributed by atoms with Gasteiger partial charge in [-0.25, -0.2) is 0 Å². The number of nitrogens with zero attached hydrogens (tertiary/aromatic N) is 1. The van der Waals surface area contributed by atoms with Gasteiger partial charge in [-0.3, -0.25) is 4.98 Å². The van der Waals surface area contributed by atoms with Gasteiger partial charge in [0.2, 0.25) is 0 Å². The molecular weight excluding hydrogens is 513 g/mol. The van der Waals surface area contributed by atoms with E-state index in [1.165, 1.54) is 62.6 Å². The zero-order valence-corrected chi connectivity index (χ0v) is 22.5. The van der Waals surface area contributed by atoms with Crippen LogP contribution in [0.1, 0.15) is 0 Å². The first-order valence-corrected chi connectivity index (χ1v) is 14.6. The van der Waals surface area contributed by atoms with Crippen LogP contribution in [-0.4, -0.2) is 4.98 Å². The van der Waals surface area contributed by atoms with Crippen molar-refractivity contribution in [3.63, 3.8) is 0 Å². The van der Waals surface area contributed by atoms with Crippen molar-refractivity contribution in [2.45, 2.75) is 0 Å². The summed E-state index contributed by atoms with van der Waals surface area (Å²) in [6, 6.07) is 41.5. The number of nitrogens with one attached hydrogen (secondary N) is 1. The maximum atomic E-state index is 4.21. The number of aromatic nitrogens is 1. The van der Waals surface area contributed by atoms with E-state index >= 15 is 0 Å². The lowest BCUT2D eigenvalue weighted by molar-refractivity contribution is 1.33. The second-order valence-corrected chi connectivity index (χ2v) is 11.8. The summed E-state index contributed by atoms with van der Waals surface area (Å²) < 4.78 is 5.19. The summed E-state index contributed by atoms with van der Waals surface area (Å²) in [6.45, 7) is 0. The molecule has 8 rings (SSSR count). The van der Waals surface area contributed by atoms with Gasteiger partial charge in [-0.05, 0) is 70.8 Å². The molecule has 0 aliphatic heterocycles. The molecule has 0 saturated carbocycles. The number of hydrogen-bond acceptors (Lipinski definition) is 4. The van der Waals surface area contributed by atoms with Crippen LogP contribution in [0, 0.1) is 0 Å². The Balaban J connectivity index is 1.31. The highest BCUT2D eigenvalue weighted by Gasteiger charge is 2.15. The van der Waals surface area contributed by atoms with E-state index in [2.05, 4.69) is 126 Å². The van der Waals surface area contributed by atoms with Crippen LogP contribution in [0.3, 0.4) is 0 Å². The zero-order valence-electron chi connectivity index (χ0n) is 20.9. The molecule has 5 aromatic carbocycles. The van der Waals surface area contributed by atoms with Crippen LogP contribution in [-0.2, 0) is 0 Å². The van der Waals surface area contributed by atoms with E-state index in [1.807, 2.05) is 35.1 Å². The van der Waals surface area contributed by atoms with Crippen LogP contribution in [0.2, 0.25) is 0 Å². The fourth-order valence-electron chi connectivity index (χ4n) is 5.60. The molecule has 4 heteroatoms. The highest BCUT2D eigenvalue weighted by molar-refractivity contribution is 7.26. The van der Waals surface area contributed by atoms with E-state index in [4.69, 9.17) is 0 Å². The molecule has 1 N–H and O–H groups in total. The van der Waals surface area contributed by atoms with Gasteiger partial charge in [0.15, 0.2) is 0 Å². The van der Waals surface area contributed by atoms with Crippen LogP contribution >= 0.6 is 22.7 Å². The number of benzene rings is 5. The van der Waals surface area contributed by atoms with Gasteiger partial charge in [0.05, 0.1) is 0 Å². The third-order valence-corrected chi connectivity index (χ3v) is 9.73. The minimum Gasteiger partial charge on any atom is -0.354 e. The average Bonchev–Trinajstić information content (AvgIpc) is 3.57. The van der Waals surface area contributed by atoms with Gasteiger partial charge in [0.25, 0.3) is 0 Å². The molecule has 0 aliphatic rings. The Hall–Kier alpha value is -4.51. The van der Waals surface area contributed by atoms with Crippen molar-refractivity contribution >= 4 is 74.4 Å². The fourth-order valence-corrected chi connectivity index (χ4v) is 7.97. The highest BCUT2D eigenvalue weighted by Crippen LogP contribution is 2.45. The molecule has 0 saturated heterocycles. The standard InChI is InChI=1S/C35H22N2S2/c1-2-7-22(8-3-1)24-15-16-30-27(21-24)34-29(12-5-13-31(34)38-30)37-28-11-6-14-32-33(28)26-10-4-9-25(35(26)39-32)23-17-19-36-20-18-23/h1-21,37H. The summed E-state index contributed by atoms with van der Waals surface area (Å²) in [6.07, 6.45) is 3.73. The normalized spacial score (nSPS) is 11.6. The van der Waals surface area contributed by atoms with Crippen LogP contribution in [0.5, 0.6) is 0 Å². The largest absolute Gasteiger partial charge is 0.354 e. The summed E-state index contributed by atoms with van der Waals surface area (Å²) in [7, 11) is 0. The van der Waals surface area contributed by atoms with E-state index in [0.29, 0.717) is 0 Å². The van der Waals surface area contributed by atoms with E-state index in [1.54, 1.807) is 0 Å². The average molecular weight is 535 g/mol. The first-order valence-electron chi connectivity index (χ1n) is 13.0. The number of anilines is 2. The van der Waals surface area contributed by atoms with E-state index in [0.717, 1.165) is 11.4 Å². The third-order valence-electron chi connectivity index (χ3n) is 7.39. The maximum absolute atomic E-state index is 4.21. The van der Waals surface area contributed by atoms with Gasteiger partial charge in [0.1, 0.15) is 0 Å². The maximum Gasteiger partial charge on any atom is 0.0478 e. The van der Waals surface area contributed by atoms with Crippen LogP contribution in [0.4, 0.5) is 11.4 Å². The summed E-state index contributed by atoms with van der Waals surface area (Å²) >= 11 is 3.71. The predicted octanol–water partition coefficient (Wildman–Crippen LogP) is 10.9. The molecule has 0 fully saturated rings. The minimum absolute atomic E-state index is 1.14. The Labute approximate surface area is 233 Å². The SMILES string of the molecule is c1ccc(-c2ccc3sc4cccc(Nc5cccc6sc7c(-c8ccncc8)cccc7c56)c4c3c2)cc1. The predicted molar refractivity (Wildman–Crippen MR) is 171 cm³/mol. The monoisotopic (exact) mass is 534 g/mol. The van der Waals surface area contributed by atoms with Crippen LogP contribution in [0.25, 0.3) is 62.6 Å². The number of rotatable bonds is 4. The number of fused-ring (bicyclic) bond motifs is 6. The summed E-state index contributed by atoms with van der Waals surface area (Å²) in [5, 5.41) is 9.00. The molecule has 0 aliphatic carbocycles. The molecule has 0 amide bonds. The molecule has 0 radical (unpaired) electrons. The van der Waals surface area contributed by atoms with E-state index in [9.17, 15) is 0 Å². The first kappa shape index (κ1) is 22.5. The molecule has 3 aromatic heterocycles. The van der Waals surface area contributed by atoms with Crippen molar-refractivity contribution in [1.82, 2.24) is 4.98 Å². The second-order valence-electron chi connectivity index (χ2n) is 9.68. The highest BCUT2D eigenvalue weighted by atomic mass is 32.1. The van der Waals surface area contributed by atoms with Gasteiger partial charge in [-0.1, -0.05) is 66.7 Å². The smallest absolute Gasteiger partial charge is 0.0478 e. The van der Waals surface area contributed by atoms with Gasteiger partial charge in [-0.2, -0.15) is 0 Å². The molecule has 39 heavy (non-hydrogen) atoms. The topological polar surface area (TPSA) is 24.9 Å². The molecular formula is C35H22N2S2. The molecule has 3 heterocycles. The van der Waals surface area contributed by atoms with Crippen molar-refractivity contribution in [1.29, 1.82) is 0 Å². The third kappa shape index (κ3) is 3.72. The Bertz CT molecular complexity index is 2120. The molecule has 0 bridgehead atoms. The van der Waals surface area contributed by atoms with Gasteiger partial charge in [-0.15, -0.1) is 22.7 Å². The Morgan fingerprint density at radius 1 is 0.487 bits per heavy atom. The van der Waals surface area contributed by atoms with Crippen molar-refractivity contribution < 1.29 is 0 Å². The van der Waals surface area contributed by atoms with Crippen LogP contribution < -0.4 is 5.32 Å². The van der Waals surface area contributed by atoms with Gasteiger partial charge in [0, 0.05) is 64.1 Å². The van der Waals surface area contributed by atoms with Gasteiger partial charge >= 0.3 is 0 Å². The summed E-state index contributed by atoms with van der Waals surface area (Å²) in [5.41, 5.74) is 7.20.